The van der Waals surface area contributed by atoms with Gasteiger partial charge < -0.3 is 23.4 Å². The second kappa shape index (κ2) is 17.8. The first-order valence-corrected chi connectivity index (χ1v) is 16.1. The van der Waals surface area contributed by atoms with Crippen LogP contribution in [0.1, 0.15) is 89.5 Å². The Bertz CT molecular complexity index is 1140. The first kappa shape index (κ1) is 31.7. The third kappa shape index (κ3) is 11.7. The smallest absolute Gasteiger partial charge is 0.372 e. The van der Waals surface area contributed by atoms with E-state index in [1.807, 2.05) is 16.9 Å². The summed E-state index contributed by atoms with van der Waals surface area (Å²) in [6.07, 6.45) is 18.8. The van der Waals surface area contributed by atoms with Gasteiger partial charge in [-0.25, -0.2) is 4.57 Å². The Hall–Kier alpha value is -2.83. The number of unbranched alkanes of at least 4 members (excludes halogenated alkanes) is 11. The minimum Gasteiger partial charge on any atom is -0.736 e. The average molecular weight is 573 g/mol. The second-order valence-corrected chi connectivity index (χ2v) is 11.4. The zero-order valence-electron chi connectivity index (χ0n) is 24.1. The summed E-state index contributed by atoms with van der Waals surface area (Å²) >= 11 is 0. The first-order valence-electron chi connectivity index (χ1n) is 14.7. The molecule has 9 heteroatoms. The van der Waals surface area contributed by atoms with Gasteiger partial charge >= 0.3 is 7.82 Å². The summed E-state index contributed by atoms with van der Waals surface area (Å²) in [6, 6.07) is 11.8. The van der Waals surface area contributed by atoms with Gasteiger partial charge in [-0.2, -0.15) is 0 Å². The minimum absolute atomic E-state index is 0.0213. The van der Waals surface area contributed by atoms with E-state index in [0.29, 0.717) is 25.4 Å². The monoisotopic (exact) mass is 572 g/mol. The molecule has 3 rings (SSSR count). The number of phosphoric ester groups is 1. The number of hydrogen-bond donors (Lipinski definition) is 0. The van der Waals surface area contributed by atoms with Crippen molar-refractivity contribution in [3.8, 4) is 23.0 Å². The normalized spacial score (nSPS) is 14.0. The van der Waals surface area contributed by atoms with Gasteiger partial charge in [-0.15, -0.1) is 0 Å². The van der Waals surface area contributed by atoms with E-state index >= 15 is 0 Å². The standard InChI is InChI=1S/C31H45N2O6P/c1-3-4-5-6-7-8-9-10-11-12-13-14-23-37-29-19-16-20-30(31(29)36-2)39-40(34,35)38-28-18-15-17-27(24-28)25-33-22-21-32-26-33/h15-21,24,26H,3-14,22-23,25H2,1-2H3. The van der Waals surface area contributed by atoms with E-state index in [-0.39, 0.29) is 17.2 Å². The Morgan fingerprint density at radius 1 is 0.875 bits per heavy atom. The van der Waals surface area contributed by atoms with E-state index in [4.69, 9.17) is 18.5 Å². The Kier molecular flexibility index (Phi) is 14.1. The summed E-state index contributed by atoms with van der Waals surface area (Å²) in [6.45, 7) is 4.08. The van der Waals surface area contributed by atoms with E-state index in [1.54, 1.807) is 36.7 Å². The number of rotatable bonds is 21. The highest BCUT2D eigenvalue weighted by Crippen LogP contribution is 2.46. The highest BCUT2D eigenvalue weighted by molar-refractivity contribution is 7.46. The van der Waals surface area contributed by atoms with Gasteiger partial charge in [-0.1, -0.05) is 101 Å². The molecule has 0 N–H and O–H groups in total. The SMILES string of the molecule is CCCCCCCCCCCCCCOc1cccc(OP(=O)([O-])Oc2cccc(C[N+]3=CN=CC3)c2)c1OC. The van der Waals surface area contributed by atoms with Crippen molar-refractivity contribution in [2.75, 3.05) is 20.3 Å². The fourth-order valence-corrected chi connectivity index (χ4v) is 5.45. The molecule has 1 heterocycles. The molecule has 0 saturated heterocycles. The van der Waals surface area contributed by atoms with E-state index in [2.05, 4.69) is 11.9 Å². The lowest BCUT2D eigenvalue weighted by Crippen LogP contribution is -2.14. The molecule has 0 fully saturated rings. The largest absolute Gasteiger partial charge is 0.736 e. The first-order chi connectivity index (χ1) is 19.5. The third-order valence-electron chi connectivity index (χ3n) is 6.77. The molecule has 1 atom stereocenters. The molecule has 40 heavy (non-hydrogen) atoms. The molecular formula is C31H45N2O6P. The molecule has 8 nitrogen and oxygen atoms in total. The van der Waals surface area contributed by atoms with Crippen LogP contribution in [0.5, 0.6) is 23.0 Å². The van der Waals surface area contributed by atoms with Crippen molar-refractivity contribution in [1.82, 2.24) is 0 Å². The highest BCUT2D eigenvalue weighted by atomic mass is 31.2. The summed E-state index contributed by atoms with van der Waals surface area (Å²) in [5.41, 5.74) is 0.894. The maximum Gasteiger partial charge on any atom is 0.372 e. The molecular weight excluding hydrogens is 527 g/mol. The van der Waals surface area contributed by atoms with Crippen LogP contribution in [-0.4, -0.2) is 37.4 Å². The topological polar surface area (TPSA) is 92.4 Å². The van der Waals surface area contributed by atoms with Crippen molar-refractivity contribution in [2.45, 2.75) is 90.5 Å². The van der Waals surface area contributed by atoms with Gasteiger partial charge in [0.2, 0.25) is 5.75 Å². The number of nitrogens with zero attached hydrogens (tertiary/aromatic N) is 2. The quantitative estimate of drug-likeness (QED) is 0.0884. The van der Waals surface area contributed by atoms with Gasteiger partial charge in [0.15, 0.2) is 17.7 Å². The fraction of sp³-hybridized carbons (Fsp3) is 0.548. The van der Waals surface area contributed by atoms with Crippen molar-refractivity contribution in [3.63, 3.8) is 0 Å². The van der Waals surface area contributed by atoms with Gasteiger partial charge in [-0.05, 0) is 36.2 Å². The maximum absolute atomic E-state index is 12.7. The predicted octanol–water partition coefficient (Wildman–Crippen LogP) is 7.33. The summed E-state index contributed by atoms with van der Waals surface area (Å²) in [5, 5.41) is 0. The molecule has 0 radical (unpaired) electrons. The van der Waals surface area contributed by atoms with Crippen molar-refractivity contribution in [2.24, 2.45) is 4.99 Å². The average Bonchev–Trinajstić information content (AvgIpc) is 3.44. The van der Waals surface area contributed by atoms with Gasteiger partial charge in [0.1, 0.15) is 18.8 Å². The molecule has 220 valence electrons. The van der Waals surface area contributed by atoms with Crippen LogP contribution in [0.15, 0.2) is 47.5 Å². The zero-order chi connectivity index (χ0) is 28.5. The number of benzene rings is 2. The molecule has 1 unspecified atom stereocenters. The predicted molar refractivity (Wildman–Crippen MR) is 158 cm³/mol. The Balaban J connectivity index is 1.40. The van der Waals surface area contributed by atoms with Crippen molar-refractivity contribution in [3.05, 3.63) is 48.0 Å². The number of hydrogen-bond acceptors (Lipinski definition) is 7. The summed E-state index contributed by atoms with van der Waals surface area (Å²) in [5.74, 6) is 0.857. The molecule has 0 aliphatic carbocycles. The van der Waals surface area contributed by atoms with E-state index in [9.17, 15) is 9.46 Å². The van der Waals surface area contributed by atoms with Crippen LogP contribution in [0.4, 0.5) is 0 Å². The molecule has 0 aromatic heterocycles. The zero-order valence-corrected chi connectivity index (χ0v) is 25.0. The van der Waals surface area contributed by atoms with Crippen LogP contribution in [0.3, 0.4) is 0 Å². The Morgan fingerprint density at radius 3 is 2.17 bits per heavy atom. The third-order valence-corrected chi connectivity index (χ3v) is 7.62. The van der Waals surface area contributed by atoms with Gasteiger partial charge in [0.25, 0.3) is 6.34 Å². The van der Waals surface area contributed by atoms with Crippen molar-refractivity contribution < 1.29 is 32.6 Å². The summed E-state index contributed by atoms with van der Waals surface area (Å²) in [4.78, 5) is 16.8. The molecule has 0 saturated carbocycles. The van der Waals surface area contributed by atoms with Gasteiger partial charge in [0.05, 0.1) is 13.7 Å². The molecule has 0 amide bonds. The molecule has 1 aliphatic heterocycles. The number of methoxy groups -OCH3 is 1. The fourth-order valence-electron chi connectivity index (χ4n) is 4.66. The second-order valence-electron chi connectivity index (χ2n) is 10.2. The highest BCUT2D eigenvalue weighted by Gasteiger charge is 2.20. The van der Waals surface area contributed by atoms with Crippen LogP contribution in [0.2, 0.25) is 0 Å². The van der Waals surface area contributed by atoms with Gasteiger partial charge in [0, 0.05) is 0 Å². The minimum atomic E-state index is -4.74. The molecule has 0 bridgehead atoms. The van der Waals surface area contributed by atoms with E-state index < -0.39 is 7.82 Å². The Morgan fingerprint density at radius 2 is 1.52 bits per heavy atom. The summed E-state index contributed by atoms with van der Waals surface area (Å²) in [7, 11) is -3.29. The van der Waals surface area contributed by atoms with Crippen LogP contribution in [0, 0.1) is 0 Å². The molecule has 2 aromatic rings. The number of ether oxygens (including phenoxy) is 2. The molecule has 1 aliphatic rings. The van der Waals surface area contributed by atoms with Crippen LogP contribution in [0.25, 0.3) is 0 Å². The summed E-state index contributed by atoms with van der Waals surface area (Å²) < 4.78 is 36.7. The number of phosphoric acid groups is 1. The molecule has 0 spiro atoms. The van der Waals surface area contributed by atoms with Crippen molar-refractivity contribution in [1.29, 1.82) is 0 Å². The van der Waals surface area contributed by atoms with Crippen LogP contribution in [-0.2, 0) is 11.1 Å². The Labute approximate surface area is 239 Å². The van der Waals surface area contributed by atoms with E-state index in [1.165, 1.54) is 77.4 Å². The number of para-hydroxylation sites is 1. The molecule has 2 aromatic carbocycles. The lowest BCUT2D eigenvalue weighted by molar-refractivity contribution is -0.521. The lowest BCUT2D eigenvalue weighted by Gasteiger charge is -2.25. The van der Waals surface area contributed by atoms with E-state index in [0.717, 1.165) is 18.4 Å². The van der Waals surface area contributed by atoms with Crippen LogP contribution >= 0.6 is 7.82 Å². The lowest BCUT2D eigenvalue weighted by atomic mass is 10.1. The van der Waals surface area contributed by atoms with Crippen molar-refractivity contribution >= 4 is 20.4 Å². The van der Waals surface area contributed by atoms with Crippen LogP contribution < -0.4 is 23.4 Å². The number of aliphatic imine (C=N–C) groups is 1. The van der Waals surface area contributed by atoms with Gasteiger partial charge in [-0.3, -0.25) is 4.58 Å². The maximum atomic E-state index is 12.7.